The zero-order valence-corrected chi connectivity index (χ0v) is 9.50. The third-order valence-corrected chi connectivity index (χ3v) is 3.70. The van der Waals surface area contributed by atoms with Crippen LogP contribution >= 0.6 is 11.8 Å². The van der Waals surface area contributed by atoms with Crippen molar-refractivity contribution in [3.05, 3.63) is 12.2 Å². The molecule has 16 heavy (non-hydrogen) atoms. The summed E-state index contributed by atoms with van der Waals surface area (Å²) >= 11 is 1.69. The molecule has 2 rings (SSSR count). The summed E-state index contributed by atoms with van der Waals surface area (Å²) in [5, 5.41) is 14.7. The Hall–Kier alpha value is -1.01. The van der Waals surface area contributed by atoms with Crippen LogP contribution in [0.25, 0.3) is 0 Å². The van der Waals surface area contributed by atoms with Crippen LogP contribution in [0.3, 0.4) is 0 Å². The van der Waals surface area contributed by atoms with E-state index in [1.807, 2.05) is 0 Å². The molecule has 5 nitrogen and oxygen atoms in total. The predicted octanol–water partition coefficient (Wildman–Crippen LogP) is -0.206. The second kappa shape index (κ2) is 4.88. The van der Waals surface area contributed by atoms with Crippen molar-refractivity contribution in [3.8, 4) is 0 Å². The lowest BCUT2D eigenvalue weighted by Gasteiger charge is -2.15. The summed E-state index contributed by atoms with van der Waals surface area (Å²) in [6, 6.07) is -0.275. The van der Waals surface area contributed by atoms with E-state index in [0.717, 1.165) is 11.6 Å². The van der Waals surface area contributed by atoms with Crippen molar-refractivity contribution in [1.82, 2.24) is 10.6 Å². The number of hydrogen-bond acceptors (Lipinski definition) is 4. The average Bonchev–Trinajstić information content (AvgIpc) is 2.87. The minimum absolute atomic E-state index is 0.0364. The van der Waals surface area contributed by atoms with E-state index in [9.17, 15) is 9.59 Å². The molecular formula is C10H14N2O3S. The lowest BCUT2D eigenvalue weighted by atomic mass is 10.1. The summed E-state index contributed by atoms with van der Waals surface area (Å²) in [6.45, 7) is 0. The zero-order valence-electron chi connectivity index (χ0n) is 8.68. The van der Waals surface area contributed by atoms with Crippen molar-refractivity contribution >= 4 is 23.6 Å². The van der Waals surface area contributed by atoms with Gasteiger partial charge in [0.15, 0.2) is 0 Å². The molecule has 1 amide bonds. The summed E-state index contributed by atoms with van der Waals surface area (Å²) < 4.78 is 0. The normalized spacial score (nSPS) is 32.9. The summed E-state index contributed by atoms with van der Waals surface area (Å²) in [5.41, 5.74) is 0. The Morgan fingerprint density at radius 1 is 1.44 bits per heavy atom. The van der Waals surface area contributed by atoms with Gasteiger partial charge in [-0.05, 0) is 6.42 Å². The molecule has 1 saturated heterocycles. The maximum Gasteiger partial charge on any atom is 0.310 e. The number of carboxylic acids is 1. The highest BCUT2D eigenvalue weighted by Crippen LogP contribution is 2.18. The monoisotopic (exact) mass is 242 g/mol. The SMILES string of the molecule is O=C(O)C1C=CC(NC(=O)C2CSCN2)C1. The van der Waals surface area contributed by atoms with Crippen LogP contribution in [0.1, 0.15) is 6.42 Å². The largest absolute Gasteiger partial charge is 0.481 e. The van der Waals surface area contributed by atoms with Crippen molar-refractivity contribution in [3.63, 3.8) is 0 Å². The first-order valence-corrected chi connectivity index (χ1v) is 6.35. The highest BCUT2D eigenvalue weighted by Gasteiger charge is 2.28. The summed E-state index contributed by atoms with van der Waals surface area (Å²) in [6.07, 6.45) is 3.86. The van der Waals surface area contributed by atoms with Gasteiger partial charge in [0.1, 0.15) is 0 Å². The molecule has 1 aliphatic carbocycles. The molecule has 0 aromatic heterocycles. The molecule has 0 radical (unpaired) electrons. The second-order valence-electron chi connectivity index (χ2n) is 3.95. The highest BCUT2D eigenvalue weighted by molar-refractivity contribution is 7.99. The Balaban J connectivity index is 1.81. The molecule has 3 unspecified atom stereocenters. The van der Waals surface area contributed by atoms with Crippen molar-refractivity contribution in [2.75, 3.05) is 11.6 Å². The maximum absolute atomic E-state index is 11.7. The summed E-state index contributed by atoms with van der Waals surface area (Å²) in [7, 11) is 0. The Bertz CT molecular complexity index is 326. The molecule has 0 bridgehead atoms. The van der Waals surface area contributed by atoms with E-state index < -0.39 is 11.9 Å². The molecule has 2 aliphatic rings. The van der Waals surface area contributed by atoms with Gasteiger partial charge in [-0.25, -0.2) is 0 Å². The molecule has 1 aliphatic heterocycles. The minimum atomic E-state index is -0.831. The second-order valence-corrected chi connectivity index (χ2v) is 4.98. The fourth-order valence-corrected chi connectivity index (χ4v) is 2.78. The van der Waals surface area contributed by atoms with E-state index in [-0.39, 0.29) is 18.0 Å². The lowest BCUT2D eigenvalue weighted by molar-refractivity contribution is -0.140. The number of carbonyl (C=O) groups is 2. The lowest BCUT2D eigenvalue weighted by Crippen LogP contribution is -2.45. The number of hydrogen-bond donors (Lipinski definition) is 3. The van der Waals surface area contributed by atoms with Crippen LogP contribution < -0.4 is 10.6 Å². The van der Waals surface area contributed by atoms with E-state index >= 15 is 0 Å². The Labute approximate surface area is 97.7 Å². The molecule has 3 N–H and O–H groups in total. The van der Waals surface area contributed by atoms with E-state index in [2.05, 4.69) is 10.6 Å². The molecule has 0 aromatic rings. The van der Waals surface area contributed by atoms with Crippen LogP contribution in [0.4, 0.5) is 0 Å². The standard InChI is InChI=1S/C10H14N2O3S/c13-9(8-4-16-5-11-8)12-7-2-1-6(3-7)10(14)15/h1-2,6-8,11H,3-5H2,(H,12,13)(H,14,15). The van der Waals surface area contributed by atoms with Gasteiger partial charge in [0.25, 0.3) is 0 Å². The van der Waals surface area contributed by atoms with Crippen molar-refractivity contribution < 1.29 is 14.7 Å². The Morgan fingerprint density at radius 3 is 2.81 bits per heavy atom. The van der Waals surface area contributed by atoms with Gasteiger partial charge in [-0.3, -0.25) is 14.9 Å². The topological polar surface area (TPSA) is 78.4 Å². The van der Waals surface area contributed by atoms with Crippen LogP contribution in [0.5, 0.6) is 0 Å². The van der Waals surface area contributed by atoms with Gasteiger partial charge in [-0.1, -0.05) is 12.2 Å². The molecule has 88 valence electrons. The van der Waals surface area contributed by atoms with E-state index in [1.165, 1.54) is 0 Å². The van der Waals surface area contributed by atoms with Crippen molar-refractivity contribution in [1.29, 1.82) is 0 Å². The first-order chi connectivity index (χ1) is 7.66. The van der Waals surface area contributed by atoms with Gasteiger partial charge in [-0.2, -0.15) is 0 Å². The molecule has 3 atom stereocenters. The highest BCUT2D eigenvalue weighted by atomic mass is 32.2. The van der Waals surface area contributed by atoms with Gasteiger partial charge in [0.2, 0.25) is 5.91 Å². The van der Waals surface area contributed by atoms with Gasteiger partial charge < -0.3 is 10.4 Å². The van der Waals surface area contributed by atoms with Gasteiger partial charge in [-0.15, -0.1) is 11.8 Å². The van der Waals surface area contributed by atoms with Crippen molar-refractivity contribution in [2.24, 2.45) is 5.92 Å². The first kappa shape index (κ1) is 11.5. The van der Waals surface area contributed by atoms with Crippen molar-refractivity contribution in [2.45, 2.75) is 18.5 Å². The predicted molar refractivity (Wildman–Crippen MR) is 61.1 cm³/mol. The molecule has 0 aromatic carbocycles. The quantitative estimate of drug-likeness (QED) is 0.597. The number of amides is 1. The third-order valence-electron chi connectivity index (χ3n) is 2.76. The van der Waals surface area contributed by atoms with Crippen LogP contribution in [0.15, 0.2) is 12.2 Å². The molecule has 0 saturated carbocycles. The van der Waals surface area contributed by atoms with E-state index in [0.29, 0.717) is 6.42 Å². The molecule has 1 fully saturated rings. The van der Waals surface area contributed by atoms with E-state index in [1.54, 1.807) is 23.9 Å². The first-order valence-electron chi connectivity index (χ1n) is 5.19. The van der Waals surface area contributed by atoms with Crippen LogP contribution in [0, 0.1) is 5.92 Å². The van der Waals surface area contributed by atoms with Crippen LogP contribution in [-0.2, 0) is 9.59 Å². The minimum Gasteiger partial charge on any atom is -0.481 e. The number of thioether (sulfide) groups is 1. The fourth-order valence-electron chi connectivity index (χ4n) is 1.84. The average molecular weight is 242 g/mol. The number of nitrogens with one attached hydrogen (secondary N) is 2. The smallest absolute Gasteiger partial charge is 0.310 e. The summed E-state index contributed by atoms with van der Waals surface area (Å²) in [5.74, 6) is 0.255. The Kier molecular flexibility index (Phi) is 3.50. The number of carboxylic acid groups (broad SMARTS) is 1. The van der Waals surface area contributed by atoms with Crippen LogP contribution in [-0.4, -0.2) is 40.7 Å². The third kappa shape index (κ3) is 2.56. The fraction of sp³-hybridized carbons (Fsp3) is 0.600. The van der Waals surface area contributed by atoms with Gasteiger partial charge in [0, 0.05) is 17.7 Å². The van der Waals surface area contributed by atoms with Gasteiger partial charge in [0.05, 0.1) is 12.0 Å². The summed E-state index contributed by atoms with van der Waals surface area (Å²) in [4.78, 5) is 22.4. The molecule has 6 heteroatoms. The molecule has 0 spiro atoms. The number of carbonyl (C=O) groups excluding carboxylic acids is 1. The Morgan fingerprint density at radius 2 is 2.25 bits per heavy atom. The molecule has 1 heterocycles. The zero-order chi connectivity index (χ0) is 11.5. The number of rotatable bonds is 3. The van der Waals surface area contributed by atoms with Crippen LogP contribution in [0.2, 0.25) is 0 Å². The van der Waals surface area contributed by atoms with E-state index in [4.69, 9.17) is 5.11 Å². The van der Waals surface area contributed by atoms with Gasteiger partial charge >= 0.3 is 5.97 Å². The maximum atomic E-state index is 11.7. The molecular weight excluding hydrogens is 228 g/mol. The number of aliphatic carboxylic acids is 1.